The summed E-state index contributed by atoms with van der Waals surface area (Å²) in [4.78, 5) is 0. The monoisotopic (exact) mass is 682 g/mol. The molecule has 0 saturated carbocycles. The van der Waals surface area contributed by atoms with Crippen LogP contribution in [-0.4, -0.2) is 143 Å². The Morgan fingerprint density at radius 3 is 1.31 bits per heavy atom. The van der Waals surface area contributed by atoms with Gasteiger partial charge in [0.1, 0.15) is 48.8 Å². The third kappa shape index (κ3) is 6.44. The van der Waals surface area contributed by atoms with Gasteiger partial charge in [-0.15, -0.1) is 0 Å². The largest absolute Gasteiger partial charge is 0.493 e. The van der Waals surface area contributed by atoms with Gasteiger partial charge in [0.2, 0.25) is 12.6 Å². The number of hydrogen-bond donors (Lipinski definition) is 8. The molecule has 0 amide bonds. The Bertz CT molecular complexity index is 1290. The minimum atomic E-state index is -1.59. The summed E-state index contributed by atoms with van der Waals surface area (Å²) in [5.74, 6) is 0.997. The third-order valence-corrected chi connectivity index (χ3v) is 9.48. The second-order valence-corrected chi connectivity index (χ2v) is 12.3. The molecule has 14 atom stereocenters. The topological polar surface area (TPSA) is 236 Å². The predicted octanol–water partition coefficient (Wildman–Crippen LogP) is -1.86. The molecule has 16 nitrogen and oxygen atoms in total. The number of aliphatic hydroxyl groups excluding tert-OH is 8. The highest BCUT2D eigenvalue weighted by molar-refractivity contribution is 5.46. The third-order valence-electron chi connectivity index (χ3n) is 9.48. The van der Waals surface area contributed by atoms with E-state index in [1.165, 1.54) is 14.2 Å². The molecule has 266 valence electrons. The lowest BCUT2D eigenvalue weighted by Crippen LogP contribution is -2.60. The molecule has 0 bridgehead atoms. The van der Waals surface area contributed by atoms with Crippen LogP contribution in [0.2, 0.25) is 0 Å². The zero-order valence-corrected chi connectivity index (χ0v) is 26.2. The van der Waals surface area contributed by atoms with E-state index in [-0.39, 0.29) is 35.5 Å². The Labute approximate surface area is 275 Å². The van der Waals surface area contributed by atoms with Gasteiger partial charge in [-0.2, -0.15) is 0 Å². The number of aliphatic hydroxyl groups is 8. The minimum Gasteiger partial charge on any atom is -0.493 e. The second-order valence-electron chi connectivity index (χ2n) is 12.3. The lowest BCUT2D eigenvalue weighted by molar-refractivity contribution is -0.277. The van der Waals surface area contributed by atoms with Crippen LogP contribution in [0, 0.1) is 11.8 Å². The van der Waals surface area contributed by atoms with Gasteiger partial charge in [-0.05, 0) is 35.4 Å². The summed E-state index contributed by atoms with van der Waals surface area (Å²) in [6, 6.07) is 10.3. The lowest BCUT2D eigenvalue weighted by atomic mass is 9.85. The van der Waals surface area contributed by atoms with E-state index >= 15 is 0 Å². The first-order valence-electron chi connectivity index (χ1n) is 15.6. The van der Waals surface area contributed by atoms with E-state index in [0.29, 0.717) is 24.7 Å². The average Bonchev–Trinajstić information content (AvgIpc) is 3.72. The van der Waals surface area contributed by atoms with Crippen molar-refractivity contribution < 1.29 is 78.7 Å². The molecule has 8 N–H and O–H groups in total. The molecular weight excluding hydrogens is 640 g/mol. The van der Waals surface area contributed by atoms with Crippen molar-refractivity contribution in [1.82, 2.24) is 0 Å². The van der Waals surface area contributed by atoms with Crippen LogP contribution in [0.4, 0.5) is 0 Å². The number of rotatable bonds is 10. The number of hydrogen-bond acceptors (Lipinski definition) is 16. The molecule has 2 aromatic carbocycles. The molecule has 4 saturated heterocycles. The highest BCUT2D eigenvalue weighted by Gasteiger charge is 2.49. The smallest absolute Gasteiger partial charge is 0.229 e. The maximum atomic E-state index is 10.4. The van der Waals surface area contributed by atoms with Crippen LogP contribution in [0.15, 0.2) is 36.4 Å². The molecule has 4 aliphatic rings. The fourth-order valence-corrected chi connectivity index (χ4v) is 6.73. The summed E-state index contributed by atoms with van der Waals surface area (Å²) in [7, 11) is 2.90. The van der Waals surface area contributed by atoms with Gasteiger partial charge in [-0.1, -0.05) is 12.1 Å². The Hall–Kier alpha value is -2.84. The van der Waals surface area contributed by atoms with Gasteiger partial charge in [-0.25, -0.2) is 0 Å². The molecule has 16 heteroatoms. The van der Waals surface area contributed by atoms with Gasteiger partial charge in [0, 0.05) is 11.8 Å². The summed E-state index contributed by atoms with van der Waals surface area (Å²) in [5, 5.41) is 80.1. The van der Waals surface area contributed by atoms with Gasteiger partial charge in [0.15, 0.2) is 23.0 Å². The maximum absolute atomic E-state index is 10.4. The Balaban J connectivity index is 1.14. The molecule has 4 aliphatic heterocycles. The van der Waals surface area contributed by atoms with E-state index < -0.39 is 74.6 Å². The van der Waals surface area contributed by atoms with Gasteiger partial charge in [-0.3, -0.25) is 0 Å². The van der Waals surface area contributed by atoms with E-state index in [4.69, 9.17) is 37.9 Å². The molecule has 0 aromatic heterocycles. The number of fused-ring (bicyclic) bond motifs is 1. The second kappa shape index (κ2) is 14.6. The van der Waals surface area contributed by atoms with Crippen molar-refractivity contribution >= 4 is 0 Å². The fraction of sp³-hybridized carbons (Fsp3) is 0.625. The van der Waals surface area contributed by atoms with Crippen LogP contribution in [-0.2, 0) is 18.9 Å². The summed E-state index contributed by atoms with van der Waals surface area (Å²) >= 11 is 0. The van der Waals surface area contributed by atoms with Gasteiger partial charge in [0.25, 0.3) is 0 Å². The predicted molar refractivity (Wildman–Crippen MR) is 159 cm³/mol. The van der Waals surface area contributed by atoms with Crippen molar-refractivity contribution in [2.45, 2.75) is 73.6 Å². The van der Waals surface area contributed by atoms with Crippen LogP contribution >= 0.6 is 0 Å². The van der Waals surface area contributed by atoms with Crippen molar-refractivity contribution in [3.63, 3.8) is 0 Å². The Morgan fingerprint density at radius 1 is 0.562 bits per heavy atom. The number of methoxy groups -OCH3 is 2. The van der Waals surface area contributed by atoms with E-state index in [0.717, 1.165) is 11.1 Å². The highest BCUT2D eigenvalue weighted by atomic mass is 16.7. The van der Waals surface area contributed by atoms with Crippen LogP contribution in [0.5, 0.6) is 23.0 Å². The van der Waals surface area contributed by atoms with Gasteiger partial charge >= 0.3 is 0 Å². The number of ether oxygens (including phenoxy) is 8. The van der Waals surface area contributed by atoms with Crippen molar-refractivity contribution in [1.29, 1.82) is 0 Å². The Morgan fingerprint density at radius 2 is 0.958 bits per heavy atom. The fourth-order valence-electron chi connectivity index (χ4n) is 6.73. The zero-order chi connectivity index (χ0) is 34.3. The molecule has 48 heavy (non-hydrogen) atoms. The first-order valence-corrected chi connectivity index (χ1v) is 15.6. The minimum absolute atomic E-state index is 0.0204. The molecular formula is C32H42O16. The quantitative estimate of drug-likeness (QED) is 0.137. The molecule has 4 unspecified atom stereocenters. The van der Waals surface area contributed by atoms with Gasteiger partial charge in [0.05, 0.1) is 52.9 Å². The van der Waals surface area contributed by atoms with Crippen molar-refractivity contribution in [2.24, 2.45) is 11.8 Å². The molecule has 2 aromatic rings. The first-order chi connectivity index (χ1) is 23.1. The summed E-state index contributed by atoms with van der Waals surface area (Å²) < 4.78 is 46.1. The summed E-state index contributed by atoms with van der Waals surface area (Å²) in [6.45, 7) is -0.371. The van der Waals surface area contributed by atoms with E-state index in [1.807, 2.05) is 0 Å². The zero-order valence-electron chi connectivity index (χ0n) is 26.2. The van der Waals surface area contributed by atoms with Crippen LogP contribution in [0.3, 0.4) is 0 Å². The van der Waals surface area contributed by atoms with Crippen molar-refractivity contribution in [3.05, 3.63) is 47.5 Å². The SMILES string of the molecule is COc1cc(C2OCC3C(c4ccc(O[C@@H]5O[C@H](CO)[C@@H](O)[C@H](O)[C@H]5O)c(OC)c4)OCC23)ccc1O[C@@H]1O[C@H](CO)[C@@H](O)[C@H](O)[C@H]1O. The van der Waals surface area contributed by atoms with Crippen molar-refractivity contribution in [2.75, 3.05) is 40.6 Å². The molecule has 4 heterocycles. The average molecular weight is 683 g/mol. The molecule has 0 radical (unpaired) electrons. The number of benzene rings is 2. The van der Waals surface area contributed by atoms with E-state index in [1.54, 1.807) is 36.4 Å². The molecule has 0 aliphatic carbocycles. The van der Waals surface area contributed by atoms with Crippen LogP contribution in [0.1, 0.15) is 23.3 Å². The lowest BCUT2D eigenvalue weighted by Gasteiger charge is -2.39. The molecule has 6 rings (SSSR count). The first kappa shape index (κ1) is 35.0. The summed E-state index contributed by atoms with van der Waals surface area (Å²) in [5.41, 5.74) is 1.59. The highest BCUT2D eigenvalue weighted by Crippen LogP contribution is 2.52. The van der Waals surface area contributed by atoms with Crippen LogP contribution < -0.4 is 18.9 Å². The maximum Gasteiger partial charge on any atom is 0.229 e. The standard InChI is InChI=1S/C32H42O16/c1-41-19-7-13(3-5-17(19)45-31-27(39)25(37)23(35)21(9-33)47-31)29-15-11-44-30(16(15)12-43-29)14-4-6-18(20(8-14)42-2)46-32-28(40)26(38)24(36)22(10-34)48-32/h3-8,15-16,21-40H,9-12H2,1-2H3/t15?,16?,21-,22-,23-,24-,25+,26+,27-,28-,29?,30?,31-,32-/m1/s1. The van der Waals surface area contributed by atoms with Gasteiger partial charge < -0.3 is 78.7 Å². The molecule has 0 spiro atoms. The molecule has 4 fully saturated rings. The van der Waals surface area contributed by atoms with Crippen molar-refractivity contribution in [3.8, 4) is 23.0 Å². The van der Waals surface area contributed by atoms with Crippen LogP contribution in [0.25, 0.3) is 0 Å². The van der Waals surface area contributed by atoms with E-state index in [2.05, 4.69) is 0 Å². The van der Waals surface area contributed by atoms with E-state index in [9.17, 15) is 40.9 Å². The normalized spacial score (nSPS) is 39.5. The Kier molecular flexibility index (Phi) is 10.6. The summed E-state index contributed by atoms with van der Waals surface area (Å²) in [6.07, 6.45) is -15.0.